The molecule has 712 valence electrons. The minimum Gasteiger partial charge on any atom is -0.508 e. The van der Waals surface area contributed by atoms with Crippen LogP contribution in [0.3, 0.4) is 0 Å². The number of isocyanates is 1. The number of amides is 3. The smallest absolute Gasteiger partial charge is 0.369 e. The van der Waals surface area contributed by atoms with Crippen molar-refractivity contribution >= 4 is 136 Å². The molecule has 39 heteroatoms. The average molecular weight is 2130 g/mol. The van der Waals surface area contributed by atoms with E-state index in [4.69, 9.17) is 24.9 Å². The van der Waals surface area contributed by atoms with Crippen molar-refractivity contribution in [1.29, 1.82) is 0 Å². The van der Waals surface area contributed by atoms with E-state index in [1.165, 1.54) is 44.6 Å². The van der Waals surface area contributed by atoms with Crippen molar-refractivity contribution in [2.45, 2.75) is 271 Å². The van der Waals surface area contributed by atoms with E-state index >= 15 is 8.78 Å². The van der Waals surface area contributed by atoms with E-state index in [0.29, 0.717) is 92.2 Å². The molecule has 9 N–H and O–H groups in total. The van der Waals surface area contributed by atoms with Crippen molar-refractivity contribution in [3.63, 3.8) is 0 Å². The lowest BCUT2D eigenvalue weighted by Crippen LogP contribution is -2.54. The van der Waals surface area contributed by atoms with Gasteiger partial charge in [0.15, 0.2) is 8.24 Å². The van der Waals surface area contributed by atoms with Crippen LogP contribution in [-0.2, 0) is 181 Å². The van der Waals surface area contributed by atoms with Gasteiger partial charge in [-0.25, -0.2) is 76.6 Å². The summed E-state index contributed by atoms with van der Waals surface area (Å²) < 4.78 is 197. The summed E-state index contributed by atoms with van der Waals surface area (Å²) in [6, 6.07) is 14.0. The zero-order valence-corrected chi connectivity index (χ0v) is 85.9. The van der Waals surface area contributed by atoms with Crippen molar-refractivity contribution in [3.8, 4) is 23.0 Å². The number of rotatable bonds is 16. The summed E-state index contributed by atoms with van der Waals surface area (Å²) >= 11 is 9.31. The normalized spacial score (nSPS) is 16.5. The number of phenolic OH excluding ortho intramolecular Hbond substituents is 2. The second-order valence-electron chi connectivity index (χ2n) is 36.9. The Morgan fingerprint density at radius 1 is 0.417 bits per heavy atom. The zero-order chi connectivity index (χ0) is 97.0. The Kier molecular flexibility index (Phi) is 33.8. The largest absolute Gasteiger partial charge is 0.508 e. The fourth-order valence-electron chi connectivity index (χ4n) is 18.1. The Morgan fingerprint density at radius 3 is 0.947 bits per heavy atom. The third kappa shape index (κ3) is 23.6. The van der Waals surface area contributed by atoms with Crippen molar-refractivity contribution in [1.82, 2.24) is 4.39 Å². The van der Waals surface area contributed by atoms with Gasteiger partial charge in [0.2, 0.25) is 6.08 Å². The van der Waals surface area contributed by atoms with Crippen LogP contribution in [0.5, 0.6) is 23.0 Å². The zero-order valence-electron chi connectivity index (χ0n) is 75.8. The van der Waals surface area contributed by atoms with E-state index in [0.717, 1.165) is 221 Å². The number of hydrogen-bond acceptors (Lipinski definition) is 14. The first-order valence-electron chi connectivity index (χ1n) is 43.6. The lowest BCUT2D eigenvalue weighted by molar-refractivity contribution is -0.117. The lowest BCUT2D eigenvalue weighted by atomic mass is 9.91. The molecule has 0 saturated heterocycles. The average Bonchev–Trinajstić information content (AvgIpc) is 1.66. The monoisotopic (exact) mass is 2130 g/mol. The van der Waals surface area contributed by atoms with Gasteiger partial charge in [-0.05, 0) is 332 Å². The van der Waals surface area contributed by atoms with E-state index < -0.39 is 107 Å². The minimum absolute atomic E-state index is 0.0233. The lowest BCUT2D eigenvalue weighted by Gasteiger charge is -2.38. The molecule has 0 spiro atoms. The molecule has 0 heterocycles. The topological polar surface area (TPSA) is 347 Å². The Morgan fingerprint density at radius 2 is 0.674 bits per heavy atom. The van der Waals surface area contributed by atoms with Crippen molar-refractivity contribution in [2.75, 3.05) is 14.2 Å². The highest BCUT2D eigenvalue weighted by Gasteiger charge is 2.42. The van der Waals surface area contributed by atoms with Crippen LogP contribution in [0.25, 0.3) is 0 Å². The van der Waals surface area contributed by atoms with Gasteiger partial charge in [-0.1, -0.05) is 54.6 Å². The molecule has 8 aromatic carbocycles. The fraction of sp³-hybridized carbons (Fsp3) is 0.441. The summed E-state index contributed by atoms with van der Waals surface area (Å²) in [7, 11) is -16.3. The summed E-state index contributed by atoms with van der Waals surface area (Å²) in [4.78, 5) is 51.8. The molecule has 0 saturated carbocycles. The SMILES string of the molecule is BrB(Br)Br.COc1ccc(S(=O)(=NC(=O)Cc2c3c(c(F)c4c2CCC4)CCC3)N[Si](C)(C)C(C)(C)C)c(F)c1.COc1ccc(S(N)(=O)=N[Si](C)(C)C(C)(C)C)c(F)c1.NS(=O)(=NC(=O)Cc1c2c(c(F)c3c1CCC3)CCC2)c1ccc(O)cc1F.NS(=O)(=NC(=O)Cc1c2c(c(F)c3c1CCC3)CCC2)c1ccc(O)cc1F.O=C=Nc1c2c(c(F)c3c1CCC3)CCC2. The number of aromatic hydroxyl groups is 2. The molecule has 4 unspecified atom stereocenters. The summed E-state index contributed by atoms with van der Waals surface area (Å²) in [6.45, 7) is 20.1. The number of nitrogens with two attached hydrogens (primary N) is 3. The molecule has 8 aliphatic carbocycles. The fourth-order valence-corrected chi connectivity index (χ4v) is 30.6. The first-order chi connectivity index (χ1) is 61.8. The predicted octanol–water partition coefficient (Wildman–Crippen LogP) is 20.8. The Hall–Kier alpha value is -7.63. The van der Waals surface area contributed by atoms with Crippen LogP contribution < -0.4 is 29.3 Å². The number of carbonyl (C=O) groups is 3. The third-order valence-corrected chi connectivity index (χ3v) is 45.0. The molecule has 0 bridgehead atoms. The summed E-state index contributed by atoms with van der Waals surface area (Å²) in [5.41, 5.74) is 16.1. The van der Waals surface area contributed by atoms with Gasteiger partial charge in [0, 0.05) is 24.3 Å². The number of nitrogens with one attached hydrogen (secondary N) is 1. The number of hydrogen-bond donors (Lipinski definition) is 6. The van der Waals surface area contributed by atoms with Crippen LogP contribution in [0.15, 0.2) is 114 Å². The third-order valence-electron chi connectivity index (χ3n) is 26.3. The van der Waals surface area contributed by atoms with E-state index in [1.807, 2.05) is 67.7 Å². The second-order valence-corrected chi connectivity index (χ2v) is 61.0. The minimum atomic E-state index is -3.80. The molecule has 16 rings (SSSR count). The highest BCUT2D eigenvalue weighted by Crippen LogP contribution is 2.46. The maximum absolute atomic E-state index is 15.2. The van der Waals surface area contributed by atoms with Crippen molar-refractivity contribution < 1.29 is 90.8 Å². The first-order valence-corrected chi connectivity index (χ1v) is 58.5. The molecular weight excluding hydrogens is 2020 g/mol. The van der Waals surface area contributed by atoms with Crippen LogP contribution in [0.4, 0.5) is 40.8 Å². The maximum atomic E-state index is 15.2. The number of benzene rings is 8. The van der Waals surface area contributed by atoms with Gasteiger partial charge < -0.3 is 19.7 Å². The van der Waals surface area contributed by atoms with Gasteiger partial charge in [-0.2, -0.15) is 4.99 Å². The number of fused-ring (bicyclic) bond motifs is 8. The molecule has 8 aromatic rings. The van der Waals surface area contributed by atoms with E-state index in [-0.39, 0.29) is 82.8 Å². The summed E-state index contributed by atoms with van der Waals surface area (Å²) in [5, 5.41) is 35.3. The second kappa shape index (κ2) is 42.5. The molecule has 0 aliphatic heterocycles. The molecule has 132 heavy (non-hydrogen) atoms. The molecule has 0 aromatic heterocycles. The Bertz CT molecular complexity index is 6220. The van der Waals surface area contributed by atoms with Crippen molar-refractivity contribution in [3.05, 3.63) is 225 Å². The van der Waals surface area contributed by atoms with Gasteiger partial charge in [0.1, 0.15) is 117 Å². The van der Waals surface area contributed by atoms with Crippen LogP contribution in [0.2, 0.25) is 36.3 Å². The van der Waals surface area contributed by atoms with Crippen LogP contribution >= 0.6 is 47.3 Å². The number of ether oxygens (including phenoxy) is 2. The van der Waals surface area contributed by atoms with Crippen molar-refractivity contribution in [2.24, 2.45) is 37.5 Å². The number of methoxy groups -OCH3 is 2. The standard InChI is InChI=1S/C27H36F2N2O3SSi.2C20H20F2N2O3S.C13H23FN2O2SSi.C13H12FNO.BBr3/c1-27(2,3)36(5,6)31-35(33,24-14-13-17(34-4)15-23(24)28)30-25(32)16-22-18-9-7-11-20(18)26(29)21-12-8-10-19(21)22;2*21-17-9-11(25)7-8-18(17)28(23,27)24-19(26)10-16-12-3-1-5-14(12)20(22)15-6-2-4-13(15)16;1-13(2,3)20(5,6)16-19(15,17)12-8-7-10(18-4)9-11(12)14;14-12-8-3-1-5-10(8)13(15-7-16)11-6-2-4-9(11)12;2-1(3)4/h13-15H,7-12,16H2,1-6H3,(H,30,31,32,33);2*7-9,25H,1-6,10H2,(H2,23,24,26,27);7-9H,1-6H3,(H2,15,16,17);1-6H2;. The Labute approximate surface area is 795 Å². The summed E-state index contributed by atoms with van der Waals surface area (Å²) in [5.74, 6) is -5.88. The molecule has 21 nitrogen and oxygen atoms in total. The van der Waals surface area contributed by atoms with Gasteiger partial charge in [0.25, 0.3) is 17.7 Å². The highest BCUT2D eigenvalue weighted by molar-refractivity contribution is 9.69. The quantitative estimate of drug-likeness (QED) is 0.0228. The molecule has 4 atom stereocenters. The molecule has 0 radical (unpaired) electrons. The Balaban J connectivity index is 0.000000161. The highest BCUT2D eigenvalue weighted by atomic mass is 79.9. The number of halogens is 11. The number of carbonyl (C=O) groups excluding carboxylic acids is 4. The first kappa shape index (κ1) is 105. The van der Waals surface area contributed by atoms with E-state index in [9.17, 15) is 72.6 Å². The molecular formula is C93H111BBr3F8N9O12S4Si2. The van der Waals surface area contributed by atoms with Gasteiger partial charge in [-0.3, -0.25) is 18.4 Å². The number of nitrogens with zero attached hydrogens (tertiary/aromatic N) is 5. The molecule has 3 amide bonds. The van der Waals surface area contributed by atoms with E-state index in [2.05, 4.69) is 73.8 Å². The van der Waals surface area contributed by atoms with Gasteiger partial charge in [0.05, 0.1) is 58.8 Å². The predicted molar refractivity (Wildman–Crippen MR) is 516 cm³/mol. The number of phenols is 2. The molecule has 0 fully saturated rings. The van der Waals surface area contributed by atoms with Crippen LogP contribution in [0.1, 0.15) is 199 Å². The van der Waals surface area contributed by atoms with Crippen LogP contribution in [0, 0.1) is 46.5 Å². The van der Waals surface area contributed by atoms with E-state index in [1.54, 1.807) is 6.08 Å². The van der Waals surface area contributed by atoms with Gasteiger partial charge in [-0.15, -0.1) is 60.4 Å². The van der Waals surface area contributed by atoms with Gasteiger partial charge >= 0.3 is 3.18 Å². The number of aliphatic imine (C=N–C) groups is 1. The van der Waals surface area contributed by atoms with Crippen LogP contribution in [-0.4, -0.2) is 84.7 Å². The summed E-state index contributed by atoms with van der Waals surface area (Å²) in [6.07, 6.45) is 19.8. The molecule has 8 aliphatic rings. The maximum Gasteiger partial charge on any atom is 0.369 e.